The number of ether oxygens (including phenoxy) is 2. The Balaban J connectivity index is 2.08. The molecule has 0 spiro atoms. The van der Waals surface area contributed by atoms with Crippen LogP contribution >= 0.6 is 0 Å². The molecule has 0 aliphatic heterocycles. The second-order valence-corrected chi connectivity index (χ2v) is 3.65. The van der Waals surface area contributed by atoms with Gasteiger partial charge in [-0.25, -0.2) is 0 Å². The minimum atomic E-state index is -0.0967. The molecule has 1 aromatic carbocycles. The summed E-state index contributed by atoms with van der Waals surface area (Å²) in [6.07, 6.45) is 1.61. The van der Waals surface area contributed by atoms with E-state index in [0.717, 1.165) is 5.75 Å². The van der Waals surface area contributed by atoms with Crippen molar-refractivity contribution >= 4 is 0 Å². The highest BCUT2D eigenvalue weighted by molar-refractivity contribution is 5.35. The Labute approximate surface area is 106 Å². The van der Waals surface area contributed by atoms with Gasteiger partial charge in [0.05, 0.1) is 18.9 Å². The van der Waals surface area contributed by atoms with Crippen molar-refractivity contribution in [2.45, 2.75) is 13.5 Å². The van der Waals surface area contributed by atoms with Crippen molar-refractivity contribution in [2.75, 3.05) is 6.61 Å². The van der Waals surface area contributed by atoms with E-state index in [1.165, 1.54) is 0 Å². The zero-order chi connectivity index (χ0) is 12.8. The third-order valence-electron chi connectivity index (χ3n) is 2.32. The Hall–Kier alpha value is -2.07. The number of hydrogen-bond acceptors (Lipinski definition) is 4. The number of aliphatic hydroxyl groups is 1. The van der Waals surface area contributed by atoms with Crippen LogP contribution in [0.1, 0.15) is 12.6 Å². The molecule has 0 amide bonds. The predicted molar refractivity (Wildman–Crippen MR) is 67.8 cm³/mol. The molecule has 0 aliphatic rings. The molecule has 1 heterocycles. The largest absolute Gasteiger partial charge is 0.494 e. The molecule has 2 aromatic rings. The molecule has 0 saturated heterocycles. The van der Waals surface area contributed by atoms with E-state index in [0.29, 0.717) is 23.8 Å². The van der Waals surface area contributed by atoms with Crippen LogP contribution in [0.5, 0.6) is 17.2 Å². The first-order valence-electron chi connectivity index (χ1n) is 5.78. The van der Waals surface area contributed by atoms with Crippen LogP contribution in [0.25, 0.3) is 0 Å². The Bertz CT molecular complexity index is 497. The first-order valence-corrected chi connectivity index (χ1v) is 5.78. The number of benzene rings is 1. The number of aliphatic hydroxyl groups excluding tert-OH is 1. The van der Waals surface area contributed by atoms with Crippen molar-refractivity contribution in [3.63, 3.8) is 0 Å². The third kappa shape index (κ3) is 3.21. The van der Waals surface area contributed by atoms with E-state index in [2.05, 4.69) is 4.98 Å². The Morgan fingerprint density at radius 3 is 2.44 bits per heavy atom. The molecular weight excluding hydrogens is 230 g/mol. The second-order valence-electron chi connectivity index (χ2n) is 3.65. The lowest BCUT2D eigenvalue weighted by Gasteiger charge is -2.07. The Kier molecular flexibility index (Phi) is 4.15. The van der Waals surface area contributed by atoms with Crippen molar-refractivity contribution in [2.24, 2.45) is 0 Å². The summed E-state index contributed by atoms with van der Waals surface area (Å²) in [5.74, 6) is 2.18. The van der Waals surface area contributed by atoms with Crippen molar-refractivity contribution < 1.29 is 14.6 Å². The summed E-state index contributed by atoms with van der Waals surface area (Å²) in [4.78, 5) is 3.99. The number of pyridine rings is 1. The lowest BCUT2D eigenvalue weighted by atomic mass is 10.3. The Morgan fingerprint density at radius 1 is 1.06 bits per heavy atom. The van der Waals surface area contributed by atoms with Gasteiger partial charge in [0.25, 0.3) is 0 Å². The molecule has 0 aliphatic carbocycles. The normalized spacial score (nSPS) is 10.1. The van der Waals surface area contributed by atoms with Gasteiger partial charge >= 0.3 is 0 Å². The lowest BCUT2D eigenvalue weighted by Crippen LogP contribution is -1.92. The molecule has 18 heavy (non-hydrogen) atoms. The fraction of sp³-hybridized carbons (Fsp3) is 0.214. The van der Waals surface area contributed by atoms with Gasteiger partial charge in [-0.1, -0.05) is 0 Å². The van der Waals surface area contributed by atoms with E-state index in [1.807, 2.05) is 31.2 Å². The van der Waals surface area contributed by atoms with Crippen LogP contribution in [0.15, 0.2) is 42.6 Å². The highest BCUT2D eigenvalue weighted by atomic mass is 16.5. The van der Waals surface area contributed by atoms with E-state index in [4.69, 9.17) is 14.6 Å². The maximum absolute atomic E-state index is 8.99. The van der Waals surface area contributed by atoms with Crippen LogP contribution in [0.4, 0.5) is 0 Å². The van der Waals surface area contributed by atoms with Crippen LogP contribution in [-0.4, -0.2) is 16.7 Å². The molecule has 1 N–H and O–H groups in total. The fourth-order valence-electron chi connectivity index (χ4n) is 1.51. The Morgan fingerprint density at radius 2 is 1.78 bits per heavy atom. The number of aromatic nitrogens is 1. The van der Waals surface area contributed by atoms with Gasteiger partial charge in [-0.3, -0.25) is 4.98 Å². The highest BCUT2D eigenvalue weighted by Crippen LogP contribution is 2.23. The van der Waals surface area contributed by atoms with Gasteiger partial charge in [-0.05, 0) is 37.3 Å². The van der Waals surface area contributed by atoms with Gasteiger partial charge in [-0.2, -0.15) is 0 Å². The lowest BCUT2D eigenvalue weighted by molar-refractivity contribution is 0.276. The molecular formula is C14H15NO3. The number of nitrogens with zero attached hydrogens (tertiary/aromatic N) is 1. The SMILES string of the molecule is CCOc1ccc(Oc2ccnc(CO)c2)cc1. The van der Waals surface area contributed by atoms with Crippen molar-refractivity contribution in [1.82, 2.24) is 4.98 Å². The third-order valence-corrected chi connectivity index (χ3v) is 2.32. The van der Waals surface area contributed by atoms with E-state index in [9.17, 15) is 0 Å². The van der Waals surface area contributed by atoms with E-state index >= 15 is 0 Å². The van der Waals surface area contributed by atoms with E-state index < -0.39 is 0 Å². The standard InChI is InChI=1S/C14H15NO3/c1-2-17-12-3-5-13(6-4-12)18-14-7-8-15-11(9-14)10-16/h3-9,16H,2,10H2,1H3. The minimum Gasteiger partial charge on any atom is -0.494 e. The van der Waals surface area contributed by atoms with Crippen molar-refractivity contribution in [3.8, 4) is 17.2 Å². The average Bonchev–Trinajstić information content (AvgIpc) is 2.42. The van der Waals surface area contributed by atoms with E-state index in [1.54, 1.807) is 18.3 Å². The van der Waals surface area contributed by atoms with Crippen LogP contribution in [0.3, 0.4) is 0 Å². The first kappa shape index (κ1) is 12.4. The molecule has 4 nitrogen and oxygen atoms in total. The summed E-state index contributed by atoms with van der Waals surface area (Å²) in [6.45, 7) is 2.49. The van der Waals surface area contributed by atoms with Crippen LogP contribution in [0, 0.1) is 0 Å². The minimum absolute atomic E-state index is 0.0967. The maximum atomic E-state index is 8.99. The van der Waals surface area contributed by atoms with Crippen molar-refractivity contribution in [1.29, 1.82) is 0 Å². The van der Waals surface area contributed by atoms with Crippen molar-refractivity contribution in [3.05, 3.63) is 48.3 Å². The molecule has 2 rings (SSSR count). The highest BCUT2D eigenvalue weighted by Gasteiger charge is 2.00. The summed E-state index contributed by atoms with van der Waals surface area (Å²) < 4.78 is 11.0. The monoisotopic (exact) mass is 245 g/mol. The molecule has 0 unspecified atom stereocenters. The van der Waals surface area contributed by atoms with E-state index in [-0.39, 0.29) is 6.61 Å². The summed E-state index contributed by atoms with van der Waals surface area (Å²) in [5, 5.41) is 8.99. The number of rotatable bonds is 5. The molecule has 1 aromatic heterocycles. The van der Waals surface area contributed by atoms with Gasteiger partial charge in [0, 0.05) is 12.3 Å². The molecule has 94 valence electrons. The smallest absolute Gasteiger partial charge is 0.130 e. The van der Waals surface area contributed by atoms with Gasteiger partial charge in [-0.15, -0.1) is 0 Å². The molecule has 0 atom stereocenters. The second kappa shape index (κ2) is 6.02. The zero-order valence-electron chi connectivity index (χ0n) is 10.2. The summed E-state index contributed by atoms with van der Waals surface area (Å²) in [5.41, 5.74) is 0.582. The van der Waals surface area contributed by atoms with Gasteiger partial charge < -0.3 is 14.6 Å². The quantitative estimate of drug-likeness (QED) is 0.880. The summed E-state index contributed by atoms with van der Waals surface area (Å²) >= 11 is 0. The topological polar surface area (TPSA) is 51.6 Å². The predicted octanol–water partition coefficient (Wildman–Crippen LogP) is 2.76. The molecule has 0 bridgehead atoms. The fourth-order valence-corrected chi connectivity index (χ4v) is 1.51. The van der Waals surface area contributed by atoms with Crippen LogP contribution in [0.2, 0.25) is 0 Å². The molecule has 4 heteroatoms. The summed E-state index contributed by atoms with van der Waals surface area (Å²) in [7, 11) is 0. The van der Waals surface area contributed by atoms with Gasteiger partial charge in [0.2, 0.25) is 0 Å². The average molecular weight is 245 g/mol. The van der Waals surface area contributed by atoms with Crippen LogP contribution in [-0.2, 0) is 6.61 Å². The van der Waals surface area contributed by atoms with Gasteiger partial charge in [0.1, 0.15) is 17.2 Å². The molecule has 0 radical (unpaired) electrons. The molecule has 0 saturated carbocycles. The number of hydrogen-bond donors (Lipinski definition) is 1. The van der Waals surface area contributed by atoms with Crippen LogP contribution < -0.4 is 9.47 Å². The van der Waals surface area contributed by atoms with Gasteiger partial charge in [0.15, 0.2) is 0 Å². The summed E-state index contributed by atoms with van der Waals surface area (Å²) in [6, 6.07) is 10.8. The maximum Gasteiger partial charge on any atom is 0.130 e. The zero-order valence-corrected chi connectivity index (χ0v) is 10.2. The first-order chi connectivity index (χ1) is 8.81. The molecule has 0 fully saturated rings.